The van der Waals surface area contributed by atoms with E-state index in [0.29, 0.717) is 10.5 Å². The van der Waals surface area contributed by atoms with Crippen LogP contribution in [0.5, 0.6) is 0 Å². The molecule has 0 amide bonds. The van der Waals surface area contributed by atoms with Gasteiger partial charge in [-0.05, 0) is 23.3 Å². The van der Waals surface area contributed by atoms with E-state index in [1.54, 1.807) is 0 Å². The molecule has 1 aromatic heterocycles. The van der Waals surface area contributed by atoms with Crippen LogP contribution in [0.1, 0.15) is 5.69 Å². The number of halogens is 2. The van der Waals surface area contributed by atoms with E-state index in [-0.39, 0.29) is 0 Å². The van der Waals surface area contributed by atoms with E-state index in [9.17, 15) is 0 Å². The second-order valence-corrected chi connectivity index (χ2v) is 4.12. The van der Waals surface area contributed by atoms with Crippen LogP contribution in [0, 0.1) is 0 Å². The average Bonchev–Trinajstić information content (AvgIpc) is 2.29. The number of pyridine rings is 1. The first-order chi connectivity index (χ1) is 7.29. The summed E-state index contributed by atoms with van der Waals surface area (Å²) in [6.07, 6.45) is 0. The van der Waals surface area contributed by atoms with Gasteiger partial charge in [0.25, 0.3) is 0 Å². The van der Waals surface area contributed by atoms with Crippen LogP contribution >= 0.6 is 27.5 Å². The van der Waals surface area contributed by atoms with Gasteiger partial charge in [0.05, 0.1) is 5.69 Å². The summed E-state index contributed by atoms with van der Waals surface area (Å²) < 4.78 is 0. The summed E-state index contributed by atoms with van der Waals surface area (Å²) in [5.41, 5.74) is 3.20. The molecule has 0 saturated heterocycles. The molecule has 0 aliphatic heterocycles. The Labute approximate surface area is 102 Å². The number of alkyl halides is 1. The molecule has 1 aromatic carbocycles. The fourth-order valence-corrected chi connectivity index (χ4v) is 1.93. The van der Waals surface area contributed by atoms with Crippen LogP contribution in [0.2, 0.25) is 5.15 Å². The molecule has 0 radical (unpaired) electrons. The van der Waals surface area contributed by atoms with E-state index in [4.69, 9.17) is 11.6 Å². The zero-order valence-electron chi connectivity index (χ0n) is 7.95. The van der Waals surface area contributed by atoms with Crippen LogP contribution in [0.15, 0.2) is 42.5 Å². The Hall–Kier alpha value is -0.860. The molecule has 0 spiro atoms. The predicted octanol–water partition coefficient (Wildman–Crippen LogP) is 4.30. The molecule has 2 rings (SSSR count). The molecule has 0 aliphatic carbocycles. The summed E-state index contributed by atoms with van der Waals surface area (Å²) in [6, 6.07) is 14.1. The SMILES string of the molecule is Clc1cc(-c2ccccc2)cc(CBr)n1. The lowest BCUT2D eigenvalue weighted by Gasteiger charge is -2.04. The minimum atomic E-state index is 0.533. The van der Waals surface area contributed by atoms with Crippen LogP contribution in [-0.2, 0) is 5.33 Å². The lowest BCUT2D eigenvalue weighted by atomic mass is 10.1. The minimum absolute atomic E-state index is 0.533. The van der Waals surface area contributed by atoms with Gasteiger partial charge in [-0.3, -0.25) is 0 Å². The van der Waals surface area contributed by atoms with Crippen molar-refractivity contribution in [2.45, 2.75) is 5.33 Å². The van der Waals surface area contributed by atoms with Gasteiger partial charge in [-0.1, -0.05) is 57.9 Å². The van der Waals surface area contributed by atoms with Crippen molar-refractivity contribution in [3.8, 4) is 11.1 Å². The first kappa shape index (κ1) is 10.7. The summed E-state index contributed by atoms with van der Waals surface area (Å²) in [6.45, 7) is 0. The zero-order chi connectivity index (χ0) is 10.7. The van der Waals surface area contributed by atoms with Gasteiger partial charge in [0.15, 0.2) is 0 Å². The molecule has 15 heavy (non-hydrogen) atoms. The van der Waals surface area contributed by atoms with Crippen LogP contribution in [-0.4, -0.2) is 4.98 Å². The minimum Gasteiger partial charge on any atom is -0.240 e. The van der Waals surface area contributed by atoms with Crippen molar-refractivity contribution in [1.29, 1.82) is 0 Å². The topological polar surface area (TPSA) is 12.9 Å². The van der Waals surface area contributed by atoms with Crippen molar-refractivity contribution >= 4 is 27.5 Å². The molecule has 2 aromatic rings. The lowest BCUT2D eigenvalue weighted by molar-refractivity contribution is 1.19. The Morgan fingerprint density at radius 3 is 2.47 bits per heavy atom. The third-order valence-electron chi connectivity index (χ3n) is 2.09. The van der Waals surface area contributed by atoms with E-state index in [2.05, 4.69) is 33.0 Å². The monoisotopic (exact) mass is 281 g/mol. The number of aromatic nitrogens is 1. The molecule has 76 valence electrons. The second-order valence-electron chi connectivity index (χ2n) is 3.17. The Kier molecular flexibility index (Phi) is 3.39. The Balaban J connectivity index is 2.49. The molecule has 0 atom stereocenters. The Morgan fingerprint density at radius 2 is 1.80 bits per heavy atom. The largest absolute Gasteiger partial charge is 0.240 e. The maximum absolute atomic E-state index is 5.95. The lowest BCUT2D eigenvalue weighted by Crippen LogP contribution is -1.87. The molecule has 0 saturated carbocycles. The third kappa shape index (κ3) is 2.58. The van der Waals surface area contributed by atoms with Gasteiger partial charge >= 0.3 is 0 Å². The van der Waals surface area contributed by atoms with Crippen molar-refractivity contribution in [2.24, 2.45) is 0 Å². The maximum atomic E-state index is 5.95. The summed E-state index contributed by atoms with van der Waals surface area (Å²) >= 11 is 9.32. The summed E-state index contributed by atoms with van der Waals surface area (Å²) in [5, 5.41) is 1.25. The van der Waals surface area contributed by atoms with E-state index in [1.807, 2.05) is 30.3 Å². The molecule has 0 unspecified atom stereocenters. The fourth-order valence-electron chi connectivity index (χ4n) is 1.42. The molecule has 3 heteroatoms. The van der Waals surface area contributed by atoms with Crippen molar-refractivity contribution in [3.05, 3.63) is 53.3 Å². The van der Waals surface area contributed by atoms with E-state index < -0.39 is 0 Å². The highest BCUT2D eigenvalue weighted by Crippen LogP contribution is 2.23. The Bertz CT molecular complexity index is 456. The van der Waals surface area contributed by atoms with Crippen molar-refractivity contribution in [2.75, 3.05) is 0 Å². The van der Waals surface area contributed by atoms with Gasteiger partial charge in [0.2, 0.25) is 0 Å². The van der Waals surface area contributed by atoms with Crippen molar-refractivity contribution < 1.29 is 0 Å². The third-order valence-corrected chi connectivity index (χ3v) is 2.86. The average molecular weight is 283 g/mol. The quantitative estimate of drug-likeness (QED) is 0.591. The molecule has 0 aliphatic rings. The van der Waals surface area contributed by atoms with Crippen LogP contribution < -0.4 is 0 Å². The normalized spacial score (nSPS) is 10.3. The maximum Gasteiger partial charge on any atom is 0.129 e. The number of hydrogen-bond acceptors (Lipinski definition) is 1. The van der Waals surface area contributed by atoms with Gasteiger partial charge in [0.1, 0.15) is 5.15 Å². The number of benzene rings is 1. The number of nitrogens with zero attached hydrogens (tertiary/aromatic N) is 1. The smallest absolute Gasteiger partial charge is 0.129 e. The van der Waals surface area contributed by atoms with Crippen molar-refractivity contribution in [3.63, 3.8) is 0 Å². The summed E-state index contributed by atoms with van der Waals surface area (Å²) in [4.78, 5) is 4.20. The molecule has 0 fully saturated rings. The molecular weight excluding hydrogens is 273 g/mol. The number of hydrogen-bond donors (Lipinski definition) is 0. The zero-order valence-corrected chi connectivity index (χ0v) is 10.3. The van der Waals surface area contributed by atoms with Gasteiger partial charge in [-0.25, -0.2) is 4.98 Å². The highest BCUT2D eigenvalue weighted by molar-refractivity contribution is 9.08. The molecular formula is C12H9BrClN. The van der Waals surface area contributed by atoms with Gasteiger partial charge in [-0.15, -0.1) is 0 Å². The molecule has 0 bridgehead atoms. The second kappa shape index (κ2) is 4.77. The van der Waals surface area contributed by atoms with Gasteiger partial charge < -0.3 is 0 Å². The van der Waals surface area contributed by atoms with E-state index in [0.717, 1.165) is 16.8 Å². The highest BCUT2D eigenvalue weighted by atomic mass is 79.9. The Morgan fingerprint density at radius 1 is 1.07 bits per heavy atom. The molecule has 1 nitrogen and oxygen atoms in total. The van der Waals surface area contributed by atoms with Crippen LogP contribution in [0.4, 0.5) is 0 Å². The fraction of sp³-hybridized carbons (Fsp3) is 0.0833. The van der Waals surface area contributed by atoms with Crippen LogP contribution in [0.3, 0.4) is 0 Å². The summed E-state index contributed by atoms with van der Waals surface area (Å²) in [5.74, 6) is 0. The van der Waals surface area contributed by atoms with Crippen molar-refractivity contribution in [1.82, 2.24) is 4.98 Å². The van der Waals surface area contributed by atoms with E-state index >= 15 is 0 Å². The van der Waals surface area contributed by atoms with Gasteiger partial charge in [-0.2, -0.15) is 0 Å². The van der Waals surface area contributed by atoms with E-state index in [1.165, 1.54) is 0 Å². The summed E-state index contributed by atoms with van der Waals surface area (Å²) in [7, 11) is 0. The molecule has 1 heterocycles. The molecule has 0 N–H and O–H groups in total. The van der Waals surface area contributed by atoms with Gasteiger partial charge in [0, 0.05) is 5.33 Å². The standard InChI is InChI=1S/C12H9BrClN/c13-8-11-6-10(7-12(14)15-11)9-4-2-1-3-5-9/h1-7H,8H2. The predicted molar refractivity (Wildman–Crippen MR) is 67.3 cm³/mol. The number of rotatable bonds is 2. The first-order valence-electron chi connectivity index (χ1n) is 4.57. The highest BCUT2D eigenvalue weighted by Gasteiger charge is 2.02. The first-order valence-corrected chi connectivity index (χ1v) is 6.07. The van der Waals surface area contributed by atoms with Crippen LogP contribution in [0.25, 0.3) is 11.1 Å².